The second-order valence-electron chi connectivity index (χ2n) is 4.81. The van der Waals surface area contributed by atoms with Gasteiger partial charge in [0, 0.05) is 13.1 Å². The summed E-state index contributed by atoms with van der Waals surface area (Å²) in [5.74, 6) is -2.60. The van der Waals surface area contributed by atoms with Crippen molar-refractivity contribution in [3.8, 4) is 0 Å². The van der Waals surface area contributed by atoms with E-state index in [0.717, 1.165) is 25.7 Å². The van der Waals surface area contributed by atoms with Gasteiger partial charge in [-0.2, -0.15) is 13.2 Å². The maximum atomic E-state index is 12.9. The molecule has 19 heavy (non-hydrogen) atoms. The molecular formula is C14H26F3NO. The van der Waals surface area contributed by atoms with E-state index in [1.165, 1.54) is 4.90 Å². The minimum absolute atomic E-state index is 0.0808. The zero-order chi connectivity index (χ0) is 14.9. The van der Waals surface area contributed by atoms with E-state index >= 15 is 0 Å². The minimum atomic E-state index is -4.43. The summed E-state index contributed by atoms with van der Waals surface area (Å²) in [6.07, 6.45) is -0.224. The standard InChI is InChI=1S/C14H26F3NO/c1-4-7-8-9-10-11-12(14(15,16)17)13(19)18(5-2)6-3/h12H,4-11H2,1-3H3. The molecule has 0 bridgehead atoms. The Bertz CT molecular complexity index is 250. The maximum Gasteiger partial charge on any atom is 0.400 e. The van der Waals surface area contributed by atoms with Crippen molar-refractivity contribution < 1.29 is 18.0 Å². The molecule has 0 aliphatic rings. The van der Waals surface area contributed by atoms with Gasteiger partial charge in [0.2, 0.25) is 5.91 Å². The van der Waals surface area contributed by atoms with Crippen molar-refractivity contribution in [2.75, 3.05) is 13.1 Å². The molecule has 0 aromatic carbocycles. The number of nitrogens with zero attached hydrogens (tertiary/aromatic N) is 1. The number of halogens is 3. The van der Waals surface area contributed by atoms with Gasteiger partial charge in [0.1, 0.15) is 5.92 Å². The first-order valence-electron chi connectivity index (χ1n) is 7.23. The Labute approximate surface area is 114 Å². The summed E-state index contributed by atoms with van der Waals surface area (Å²) in [7, 11) is 0. The van der Waals surface area contributed by atoms with E-state index in [1.807, 2.05) is 0 Å². The Hall–Kier alpha value is -0.740. The molecule has 2 nitrogen and oxygen atoms in total. The first kappa shape index (κ1) is 18.3. The summed E-state index contributed by atoms with van der Waals surface area (Å²) >= 11 is 0. The average Bonchev–Trinajstić information content (AvgIpc) is 2.33. The molecule has 0 aliphatic heterocycles. The summed E-state index contributed by atoms with van der Waals surface area (Å²) in [5, 5.41) is 0. The third-order valence-corrected chi connectivity index (χ3v) is 3.36. The Morgan fingerprint density at radius 1 is 1.00 bits per heavy atom. The van der Waals surface area contributed by atoms with Crippen LogP contribution >= 0.6 is 0 Å². The molecule has 0 fully saturated rings. The highest BCUT2D eigenvalue weighted by atomic mass is 19.4. The molecule has 5 heteroatoms. The van der Waals surface area contributed by atoms with Gasteiger partial charge in [-0.05, 0) is 20.3 Å². The van der Waals surface area contributed by atoms with E-state index < -0.39 is 18.0 Å². The summed E-state index contributed by atoms with van der Waals surface area (Å²) in [4.78, 5) is 13.1. The lowest BCUT2D eigenvalue weighted by Gasteiger charge is -2.26. The van der Waals surface area contributed by atoms with Gasteiger partial charge in [-0.15, -0.1) is 0 Å². The lowest BCUT2D eigenvalue weighted by Crippen LogP contribution is -2.42. The number of unbranched alkanes of at least 4 members (excludes halogenated alkanes) is 4. The largest absolute Gasteiger partial charge is 0.400 e. The number of carbonyl (C=O) groups is 1. The average molecular weight is 281 g/mol. The lowest BCUT2D eigenvalue weighted by atomic mass is 9.98. The van der Waals surface area contributed by atoms with Crippen molar-refractivity contribution in [2.24, 2.45) is 5.92 Å². The molecule has 1 amide bonds. The smallest absolute Gasteiger partial charge is 0.343 e. The van der Waals surface area contributed by atoms with Gasteiger partial charge in [0.05, 0.1) is 0 Å². The second kappa shape index (κ2) is 9.21. The molecule has 0 saturated carbocycles. The molecule has 0 N–H and O–H groups in total. The third kappa shape index (κ3) is 6.83. The van der Waals surface area contributed by atoms with Crippen LogP contribution in [0.5, 0.6) is 0 Å². The molecule has 1 unspecified atom stereocenters. The predicted octanol–water partition coefficient (Wildman–Crippen LogP) is 4.39. The van der Waals surface area contributed by atoms with E-state index in [0.29, 0.717) is 19.5 Å². The van der Waals surface area contributed by atoms with Crippen LogP contribution in [0.2, 0.25) is 0 Å². The van der Waals surface area contributed by atoms with Gasteiger partial charge < -0.3 is 4.90 Å². The highest BCUT2D eigenvalue weighted by Crippen LogP contribution is 2.32. The van der Waals surface area contributed by atoms with Crippen LogP contribution in [0.1, 0.15) is 59.3 Å². The van der Waals surface area contributed by atoms with Crippen molar-refractivity contribution in [1.29, 1.82) is 0 Å². The van der Waals surface area contributed by atoms with Gasteiger partial charge in [0.25, 0.3) is 0 Å². The molecular weight excluding hydrogens is 255 g/mol. The molecule has 0 aromatic heterocycles. The maximum absolute atomic E-state index is 12.9. The van der Waals surface area contributed by atoms with E-state index in [4.69, 9.17) is 0 Å². The number of carbonyl (C=O) groups excluding carboxylic acids is 1. The Kier molecular flexibility index (Phi) is 8.85. The number of hydrogen-bond donors (Lipinski definition) is 0. The topological polar surface area (TPSA) is 20.3 Å². The summed E-state index contributed by atoms with van der Waals surface area (Å²) in [6, 6.07) is 0. The lowest BCUT2D eigenvalue weighted by molar-refractivity contribution is -0.190. The second-order valence-corrected chi connectivity index (χ2v) is 4.81. The highest BCUT2D eigenvalue weighted by molar-refractivity contribution is 5.79. The van der Waals surface area contributed by atoms with Crippen LogP contribution in [0.3, 0.4) is 0 Å². The zero-order valence-electron chi connectivity index (χ0n) is 12.2. The van der Waals surface area contributed by atoms with Crippen LogP contribution in [0.15, 0.2) is 0 Å². The van der Waals surface area contributed by atoms with Crippen molar-refractivity contribution in [2.45, 2.75) is 65.5 Å². The number of alkyl halides is 3. The Balaban J connectivity index is 4.44. The van der Waals surface area contributed by atoms with Gasteiger partial charge in [0.15, 0.2) is 0 Å². The number of rotatable bonds is 9. The van der Waals surface area contributed by atoms with E-state index in [-0.39, 0.29) is 6.42 Å². The molecule has 0 spiro atoms. The first-order valence-corrected chi connectivity index (χ1v) is 7.23. The first-order chi connectivity index (χ1) is 8.88. The minimum Gasteiger partial charge on any atom is -0.343 e. The van der Waals surface area contributed by atoms with Crippen LogP contribution in [0, 0.1) is 5.92 Å². The predicted molar refractivity (Wildman–Crippen MR) is 70.8 cm³/mol. The van der Waals surface area contributed by atoms with Crippen molar-refractivity contribution in [1.82, 2.24) is 4.90 Å². The molecule has 0 aliphatic carbocycles. The van der Waals surface area contributed by atoms with Crippen LogP contribution in [-0.2, 0) is 4.79 Å². The van der Waals surface area contributed by atoms with Crippen LogP contribution in [0.4, 0.5) is 13.2 Å². The third-order valence-electron chi connectivity index (χ3n) is 3.36. The fourth-order valence-electron chi connectivity index (χ4n) is 2.13. The van der Waals surface area contributed by atoms with Gasteiger partial charge in [-0.1, -0.05) is 39.0 Å². The van der Waals surface area contributed by atoms with E-state index in [9.17, 15) is 18.0 Å². The SMILES string of the molecule is CCCCCCCC(C(=O)N(CC)CC)C(F)(F)F. The van der Waals surface area contributed by atoms with Gasteiger partial charge >= 0.3 is 6.18 Å². The van der Waals surface area contributed by atoms with Crippen LogP contribution < -0.4 is 0 Å². The zero-order valence-corrected chi connectivity index (χ0v) is 12.2. The molecule has 114 valence electrons. The number of hydrogen-bond acceptors (Lipinski definition) is 1. The highest BCUT2D eigenvalue weighted by Gasteiger charge is 2.45. The fraction of sp³-hybridized carbons (Fsp3) is 0.929. The fourth-order valence-corrected chi connectivity index (χ4v) is 2.13. The van der Waals surface area contributed by atoms with Crippen molar-refractivity contribution in [3.63, 3.8) is 0 Å². The molecule has 0 saturated heterocycles. The Morgan fingerprint density at radius 3 is 1.95 bits per heavy atom. The monoisotopic (exact) mass is 281 g/mol. The number of amides is 1. The van der Waals surface area contributed by atoms with E-state index in [1.54, 1.807) is 13.8 Å². The Morgan fingerprint density at radius 2 is 1.53 bits per heavy atom. The van der Waals surface area contributed by atoms with Gasteiger partial charge in [-0.3, -0.25) is 4.79 Å². The van der Waals surface area contributed by atoms with Crippen LogP contribution in [-0.4, -0.2) is 30.1 Å². The van der Waals surface area contributed by atoms with Gasteiger partial charge in [-0.25, -0.2) is 0 Å². The normalized spacial score (nSPS) is 13.4. The summed E-state index contributed by atoms with van der Waals surface area (Å²) < 4.78 is 38.8. The molecule has 1 atom stereocenters. The quantitative estimate of drug-likeness (QED) is 0.574. The van der Waals surface area contributed by atoms with Crippen molar-refractivity contribution in [3.05, 3.63) is 0 Å². The van der Waals surface area contributed by atoms with E-state index in [2.05, 4.69) is 6.92 Å². The molecule has 0 rings (SSSR count). The van der Waals surface area contributed by atoms with Crippen molar-refractivity contribution >= 4 is 5.91 Å². The molecule has 0 aromatic rings. The van der Waals surface area contributed by atoms with Crippen LogP contribution in [0.25, 0.3) is 0 Å². The molecule has 0 heterocycles. The summed E-state index contributed by atoms with van der Waals surface area (Å²) in [5.41, 5.74) is 0. The summed E-state index contributed by atoms with van der Waals surface area (Å²) in [6.45, 7) is 6.13. The molecule has 0 radical (unpaired) electrons.